The molecule has 0 heterocycles. The summed E-state index contributed by atoms with van der Waals surface area (Å²) in [5, 5.41) is 0. The van der Waals surface area contributed by atoms with Gasteiger partial charge in [-0.15, -0.1) is 0 Å². The molecule has 0 aromatic heterocycles. The average Bonchev–Trinajstić information content (AvgIpc) is 3.24. The summed E-state index contributed by atoms with van der Waals surface area (Å²) >= 11 is 0. The molecule has 0 aromatic carbocycles. The highest BCUT2D eigenvalue weighted by molar-refractivity contribution is 5.71. The molecular weight excluding hydrogens is 781 g/mol. The summed E-state index contributed by atoms with van der Waals surface area (Å²) < 4.78 is 16.9. The molecule has 0 N–H and O–H groups in total. The minimum absolute atomic E-state index is 0.0638. The van der Waals surface area contributed by atoms with E-state index >= 15 is 0 Å². The standard InChI is InChI=1S/C57H110O6/c1-51(2)43-37-31-25-19-13-8-7-9-16-22-28-34-40-46-55(58)61-49-54(50-62-56(59)47-41-35-29-23-18-12-15-21-27-33-39-45-53(5)6)63-57(60)48-42-36-30-24-17-11-10-14-20-26-32-38-44-52(3)4/h51-54H,7-50H2,1-6H3/t54-/m0/s1. The van der Waals surface area contributed by atoms with Gasteiger partial charge < -0.3 is 14.2 Å². The zero-order chi connectivity index (χ0) is 46.3. The Labute approximate surface area is 393 Å². The lowest BCUT2D eigenvalue weighted by Crippen LogP contribution is -2.30. The van der Waals surface area contributed by atoms with Gasteiger partial charge in [-0.1, -0.05) is 273 Å². The SMILES string of the molecule is CC(C)CCCCCCCCCCCCCCCC(=O)OC[C@@H](COC(=O)CCCCCCCCCCCCCC(C)C)OC(=O)CCCCCCCCCCCCCCC(C)C. The summed E-state index contributed by atoms with van der Waals surface area (Å²) in [6, 6.07) is 0. The van der Waals surface area contributed by atoms with E-state index in [1.807, 2.05) is 0 Å². The molecule has 0 unspecified atom stereocenters. The lowest BCUT2D eigenvalue weighted by molar-refractivity contribution is -0.167. The molecule has 0 aromatic rings. The van der Waals surface area contributed by atoms with Crippen LogP contribution in [-0.2, 0) is 28.6 Å². The van der Waals surface area contributed by atoms with Gasteiger partial charge in [0.05, 0.1) is 0 Å². The van der Waals surface area contributed by atoms with Gasteiger partial charge in [0.15, 0.2) is 6.10 Å². The summed E-state index contributed by atoms with van der Waals surface area (Å²) in [4.78, 5) is 38.1. The Morgan fingerprint density at radius 2 is 0.460 bits per heavy atom. The topological polar surface area (TPSA) is 78.9 Å². The van der Waals surface area contributed by atoms with Crippen LogP contribution in [0.15, 0.2) is 0 Å². The fourth-order valence-corrected chi connectivity index (χ4v) is 8.65. The third kappa shape index (κ3) is 51.3. The van der Waals surface area contributed by atoms with Gasteiger partial charge in [-0.2, -0.15) is 0 Å². The van der Waals surface area contributed by atoms with Crippen LogP contribution in [0.2, 0.25) is 0 Å². The summed E-state index contributed by atoms with van der Waals surface area (Å²) in [6.07, 6.45) is 49.5. The quantitative estimate of drug-likeness (QED) is 0.0344. The van der Waals surface area contributed by atoms with Crippen molar-refractivity contribution in [3.05, 3.63) is 0 Å². The highest BCUT2D eigenvalue weighted by atomic mass is 16.6. The van der Waals surface area contributed by atoms with Crippen LogP contribution in [0.3, 0.4) is 0 Å². The van der Waals surface area contributed by atoms with E-state index in [1.165, 1.54) is 193 Å². The normalized spacial score (nSPS) is 12.1. The Bertz CT molecular complexity index is 976. The van der Waals surface area contributed by atoms with E-state index in [1.54, 1.807) is 0 Å². The number of hydrogen-bond acceptors (Lipinski definition) is 6. The third-order valence-corrected chi connectivity index (χ3v) is 12.9. The molecule has 0 saturated carbocycles. The maximum Gasteiger partial charge on any atom is 0.306 e. The van der Waals surface area contributed by atoms with Gasteiger partial charge in [-0.3, -0.25) is 14.4 Å². The molecular formula is C57H110O6. The Balaban J connectivity index is 4.31. The van der Waals surface area contributed by atoms with Crippen molar-refractivity contribution in [2.24, 2.45) is 17.8 Å². The van der Waals surface area contributed by atoms with Crippen molar-refractivity contribution in [1.82, 2.24) is 0 Å². The minimum Gasteiger partial charge on any atom is -0.462 e. The smallest absolute Gasteiger partial charge is 0.306 e. The van der Waals surface area contributed by atoms with Crippen LogP contribution in [0, 0.1) is 17.8 Å². The van der Waals surface area contributed by atoms with Crippen LogP contribution in [0.1, 0.15) is 311 Å². The van der Waals surface area contributed by atoms with Crippen molar-refractivity contribution in [3.8, 4) is 0 Å². The maximum absolute atomic E-state index is 12.8. The first-order valence-corrected chi connectivity index (χ1v) is 28.1. The number of carbonyl (C=O) groups is 3. The second kappa shape index (κ2) is 48.3. The van der Waals surface area contributed by atoms with Crippen molar-refractivity contribution in [1.29, 1.82) is 0 Å². The second-order valence-electron chi connectivity index (χ2n) is 21.0. The van der Waals surface area contributed by atoms with E-state index in [-0.39, 0.29) is 31.1 Å². The molecule has 63 heavy (non-hydrogen) atoms. The van der Waals surface area contributed by atoms with Gasteiger partial charge >= 0.3 is 17.9 Å². The first-order chi connectivity index (χ1) is 30.6. The molecule has 0 bridgehead atoms. The average molecular weight is 892 g/mol. The van der Waals surface area contributed by atoms with E-state index in [0.29, 0.717) is 19.3 Å². The first-order valence-electron chi connectivity index (χ1n) is 28.1. The monoisotopic (exact) mass is 891 g/mol. The molecule has 1 atom stereocenters. The molecule has 0 aliphatic rings. The molecule has 6 nitrogen and oxygen atoms in total. The molecule has 0 spiro atoms. The van der Waals surface area contributed by atoms with Crippen LogP contribution in [0.5, 0.6) is 0 Å². The predicted molar refractivity (Wildman–Crippen MR) is 270 cm³/mol. The molecule has 0 aliphatic heterocycles. The molecule has 0 rings (SSSR count). The lowest BCUT2D eigenvalue weighted by atomic mass is 10.0. The maximum atomic E-state index is 12.8. The van der Waals surface area contributed by atoms with Crippen molar-refractivity contribution >= 4 is 17.9 Å². The van der Waals surface area contributed by atoms with Crippen LogP contribution in [0.4, 0.5) is 0 Å². The fourth-order valence-electron chi connectivity index (χ4n) is 8.65. The number of carbonyl (C=O) groups excluding carboxylic acids is 3. The van der Waals surface area contributed by atoms with Gasteiger partial charge in [0.2, 0.25) is 0 Å². The van der Waals surface area contributed by atoms with Crippen LogP contribution in [0.25, 0.3) is 0 Å². The number of esters is 3. The molecule has 0 aliphatic carbocycles. The summed E-state index contributed by atoms with van der Waals surface area (Å²) in [5.41, 5.74) is 0. The van der Waals surface area contributed by atoms with Crippen LogP contribution in [-0.4, -0.2) is 37.2 Å². The van der Waals surface area contributed by atoms with Crippen molar-refractivity contribution in [2.45, 2.75) is 317 Å². The van der Waals surface area contributed by atoms with Gasteiger partial charge in [0, 0.05) is 19.3 Å². The zero-order valence-corrected chi connectivity index (χ0v) is 43.4. The summed E-state index contributed by atoms with van der Waals surface area (Å²) in [6.45, 7) is 13.7. The van der Waals surface area contributed by atoms with Crippen LogP contribution >= 0.6 is 0 Å². The van der Waals surface area contributed by atoms with Gasteiger partial charge in [0.1, 0.15) is 13.2 Å². The third-order valence-electron chi connectivity index (χ3n) is 12.9. The number of ether oxygens (including phenoxy) is 3. The van der Waals surface area contributed by atoms with E-state index in [2.05, 4.69) is 41.5 Å². The molecule has 0 radical (unpaired) electrons. The molecule has 6 heteroatoms. The van der Waals surface area contributed by atoms with Crippen molar-refractivity contribution < 1.29 is 28.6 Å². The Morgan fingerprint density at radius 3 is 0.683 bits per heavy atom. The summed E-state index contributed by atoms with van der Waals surface area (Å²) in [5.74, 6) is 1.65. The largest absolute Gasteiger partial charge is 0.462 e. The Hall–Kier alpha value is -1.59. The minimum atomic E-state index is -0.763. The Kier molecular flexibility index (Phi) is 47.1. The predicted octanol–water partition coefficient (Wildman–Crippen LogP) is 18.3. The highest BCUT2D eigenvalue weighted by Gasteiger charge is 2.19. The number of hydrogen-bond donors (Lipinski definition) is 0. The number of rotatable bonds is 50. The second-order valence-corrected chi connectivity index (χ2v) is 21.0. The number of unbranched alkanes of at least 4 members (excludes halogenated alkanes) is 33. The molecule has 0 amide bonds. The lowest BCUT2D eigenvalue weighted by Gasteiger charge is -2.18. The van der Waals surface area contributed by atoms with Gasteiger partial charge in [0.25, 0.3) is 0 Å². The van der Waals surface area contributed by atoms with Gasteiger partial charge in [-0.05, 0) is 37.0 Å². The molecule has 0 saturated heterocycles. The highest BCUT2D eigenvalue weighted by Crippen LogP contribution is 2.18. The van der Waals surface area contributed by atoms with Crippen molar-refractivity contribution in [3.63, 3.8) is 0 Å². The van der Waals surface area contributed by atoms with E-state index in [0.717, 1.165) is 75.5 Å². The summed E-state index contributed by atoms with van der Waals surface area (Å²) in [7, 11) is 0. The van der Waals surface area contributed by atoms with E-state index < -0.39 is 6.10 Å². The van der Waals surface area contributed by atoms with E-state index in [9.17, 15) is 14.4 Å². The zero-order valence-electron chi connectivity index (χ0n) is 43.4. The van der Waals surface area contributed by atoms with Crippen molar-refractivity contribution in [2.75, 3.05) is 13.2 Å². The van der Waals surface area contributed by atoms with Gasteiger partial charge in [-0.25, -0.2) is 0 Å². The fraction of sp³-hybridized carbons (Fsp3) is 0.947. The molecule has 0 fully saturated rings. The first kappa shape index (κ1) is 61.4. The van der Waals surface area contributed by atoms with Crippen LogP contribution < -0.4 is 0 Å². The molecule has 374 valence electrons. The van der Waals surface area contributed by atoms with E-state index in [4.69, 9.17) is 14.2 Å². The Morgan fingerprint density at radius 1 is 0.270 bits per heavy atom.